The monoisotopic (exact) mass is 316 g/mol. The number of aliphatic hydroxyl groups excluding tert-OH is 1. The third-order valence-corrected chi connectivity index (χ3v) is 3.76. The van der Waals surface area contributed by atoms with Crippen molar-refractivity contribution >= 4 is 17.6 Å². The molecule has 116 valence electrons. The zero-order chi connectivity index (χ0) is 15.2. The normalized spacial score (nSPS) is 16.7. The molecule has 1 atom stereocenters. The second-order valence-electron chi connectivity index (χ2n) is 5.01. The van der Waals surface area contributed by atoms with Gasteiger partial charge in [-0.3, -0.25) is 4.84 Å². The molecule has 0 aromatic heterocycles. The number of urea groups is 1. The van der Waals surface area contributed by atoms with Gasteiger partial charge in [0, 0.05) is 0 Å². The number of carbonyl (C=O) groups excluding carboxylic acids is 1. The number of halogens is 2. The third-order valence-electron chi connectivity index (χ3n) is 3.45. The van der Waals surface area contributed by atoms with Gasteiger partial charge in [-0.15, -0.1) is 0 Å². The standard InChI is InChI=1S/C14H18ClFN2O3/c15-11-6-5-9(7-12(11)16)13(8-19)17-14(20)18-21-10-3-1-2-4-10/h5-7,10,13,19H,1-4,8H2,(H2,17,18,20). The Bertz CT molecular complexity index is 495. The number of rotatable bonds is 5. The van der Waals surface area contributed by atoms with Gasteiger partial charge < -0.3 is 10.4 Å². The quantitative estimate of drug-likeness (QED) is 0.731. The first-order valence-electron chi connectivity index (χ1n) is 6.88. The summed E-state index contributed by atoms with van der Waals surface area (Å²) in [6, 6.07) is 2.80. The maximum atomic E-state index is 13.4. The predicted octanol–water partition coefficient (Wildman–Crippen LogP) is 2.69. The fraction of sp³-hybridized carbons (Fsp3) is 0.500. The van der Waals surface area contributed by atoms with Crippen molar-refractivity contribution in [2.24, 2.45) is 0 Å². The molecule has 3 N–H and O–H groups in total. The van der Waals surface area contributed by atoms with Gasteiger partial charge >= 0.3 is 6.03 Å². The molecule has 0 aliphatic heterocycles. The van der Waals surface area contributed by atoms with Gasteiger partial charge in [0.15, 0.2) is 0 Å². The number of benzene rings is 1. The summed E-state index contributed by atoms with van der Waals surface area (Å²) in [6.45, 7) is -0.363. The maximum Gasteiger partial charge on any atom is 0.339 e. The molecule has 1 aromatic rings. The number of hydrogen-bond donors (Lipinski definition) is 3. The summed E-state index contributed by atoms with van der Waals surface area (Å²) in [5, 5.41) is 11.8. The molecule has 1 aliphatic carbocycles. The molecule has 0 spiro atoms. The van der Waals surface area contributed by atoms with Gasteiger partial charge in [-0.2, -0.15) is 0 Å². The van der Waals surface area contributed by atoms with Crippen molar-refractivity contribution in [1.29, 1.82) is 0 Å². The van der Waals surface area contributed by atoms with Crippen LogP contribution in [-0.2, 0) is 4.84 Å². The Morgan fingerprint density at radius 2 is 2.19 bits per heavy atom. The van der Waals surface area contributed by atoms with Crippen molar-refractivity contribution in [2.75, 3.05) is 6.61 Å². The van der Waals surface area contributed by atoms with Crippen LogP contribution in [0.2, 0.25) is 5.02 Å². The minimum atomic E-state index is -0.732. The van der Waals surface area contributed by atoms with Crippen molar-refractivity contribution in [1.82, 2.24) is 10.8 Å². The number of amides is 2. The minimum Gasteiger partial charge on any atom is -0.394 e. The first-order valence-corrected chi connectivity index (χ1v) is 7.26. The number of nitrogens with one attached hydrogen (secondary N) is 2. The van der Waals surface area contributed by atoms with Crippen molar-refractivity contribution in [3.8, 4) is 0 Å². The van der Waals surface area contributed by atoms with Gasteiger partial charge in [0.05, 0.1) is 23.8 Å². The van der Waals surface area contributed by atoms with Crippen LogP contribution in [0.4, 0.5) is 9.18 Å². The van der Waals surface area contributed by atoms with Crippen LogP contribution >= 0.6 is 11.6 Å². The molecule has 5 nitrogen and oxygen atoms in total. The molecule has 1 fully saturated rings. The Morgan fingerprint density at radius 3 is 2.81 bits per heavy atom. The molecule has 7 heteroatoms. The van der Waals surface area contributed by atoms with Gasteiger partial charge in [-0.1, -0.05) is 30.5 Å². The van der Waals surface area contributed by atoms with E-state index in [2.05, 4.69) is 10.8 Å². The molecule has 21 heavy (non-hydrogen) atoms. The first kappa shape index (κ1) is 16.0. The second-order valence-corrected chi connectivity index (χ2v) is 5.42. The molecule has 1 unspecified atom stereocenters. The van der Waals surface area contributed by atoms with Gasteiger partial charge in [-0.05, 0) is 30.5 Å². The van der Waals surface area contributed by atoms with E-state index in [4.69, 9.17) is 16.4 Å². The van der Waals surface area contributed by atoms with Crippen molar-refractivity contribution in [3.63, 3.8) is 0 Å². The van der Waals surface area contributed by atoms with Crippen LogP contribution in [-0.4, -0.2) is 23.8 Å². The fourth-order valence-electron chi connectivity index (χ4n) is 2.29. The van der Waals surface area contributed by atoms with E-state index in [9.17, 15) is 14.3 Å². The molecule has 2 rings (SSSR count). The van der Waals surface area contributed by atoms with Gasteiger partial charge in [0.2, 0.25) is 0 Å². The number of carbonyl (C=O) groups is 1. The molecule has 0 radical (unpaired) electrons. The number of hydroxylamine groups is 1. The minimum absolute atomic E-state index is 0.00976. The predicted molar refractivity (Wildman–Crippen MR) is 76.2 cm³/mol. The van der Waals surface area contributed by atoms with E-state index in [1.165, 1.54) is 12.1 Å². The van der Waals surface area contributed by atoms with Crippen LogP contribution in [0, 0.1) is 5.82 Å². The lowest BCUT2D eigenvalue weighted by Gasteiger charge is -2.18. The highest BCUT2D eigenvalue weighted by molar-refractivity contribution is 6.30. The van der Waals surface area contributed by atoms with E-state index >= 15 is 0 Å². The molecular formula is C14H18ClFN2O3. The highest BCUT2D eigenvalue weighted by Crippen LogP contribution is 2.21. The molecule has 1 aromatic carbocycles. The van der Waals surface area contributed by atoms with E-state index in [0.29, 0.717) is 5.56 Å². The molecule has 1 saturated carbocycles. The number of aliphatic hydroxyl groups is 1. The summed E-state index contributed by atoms with van der Waals surface area (Å²) in [7, 11) is 0. The summed E-state index contributed by atoms with van der Waals surface area (Å²) >= 11 is 5.60. The average Bonchev–Trinajstić information content (AvgIpc) is 2.99. The Morgan fingerprint density at radius 1 is 1.48 bits per heavy atom. The second kappa shape index (κ2) is 7.59. The Kier molecular flexibility index (Phi) is 5.78. The van der Waals surface area contributed by atoms with Crippen LogP contribution in [0.25, 0.3) is 0 Å². The first-order chi connectivity index (χ1) is 10.1. The lowest BCUT2D eigenvalue weighted by Crippen LogP contribution is -2.40. The van der Waals surface area contributed by atoms with Crippen molar-refractivity contribution < 1.29 is 19.1 Å². The van der Waals surface area contributed by atoms with Crippen LogP contribution in [0.5, 0.6) is 0 Å². The number of hydrogen-bond acceptors (Lipinski definition) is 3. The summed E-state index contributed by atoms with van der Waals surface area (Å²) < 4.78 is 13.4. The topological polar surface area (TPSA) is 70.6 Å². The third kappa shape index (κ3) is 4.56. The van der Waals surface area contributed by atoms with E-state index in [0.717, 1.165) is 25.7 Å². The summed E-state index contributed by atoms with van der Waals surface area (Å²) in [5.74, 6) is -0.600. The van der Waals surface area contributed by atoms with Crippen molar-refractivity contribution in [2.45, 2.75) is 37.8 Å². The highest BCUT2D eigenvalue weighted by Gasteiger charge is 2.19. The lowest BCUT2D eigenvalue weighted by molar-refractivity contribution is -0.000839. The Hall–Kier alpha value is -1.37. The van der Waals surface area contributed by atoms with E-state index in [1.807, 2.05) is 0 Å². The van der Waals surface area contributed by atoms with Gasteiger partial charge in [0.25, 0.3) is 0 Å². The molecule has 0 saturated heterocycles. The summed E-state index contributed by atoms with van der Waals surface area (Å²) in [5.41, 5.74) is 2.73. The van der Waals surface area contributed by atoms with Gasteiger partial charge in [0.1, 0.15) is 5.82 Å². The van der Waals surface area contributed by atoms with E-state index < -0.39 is 17.9 Å². The van der Waals surface area contributed by atoms with Crippen LogP contribution < -0.4 is 10.8 Å². The molecular weight excluding hydrogens is 299 g/mol. The molecule has 0 bridgehead atoms. The molecule has 0 heterocycles. The van der Waals surface area contributed by atoms with E-state index in [1.54, 1.807) is 6.07 Å². The fourth-order valence-corrected chi connectivity index (χ4v) is 2.41. The Labute approximate surface area is 127 Å². The smallest absolute Gasteiger partial charge is 0.339 e. The lowest BCUT2D eigenvalue weighted by atomic mass is 10.1. The maximum absolute atomic E-state index is 13.4. The summed E-state index contributed by atoms with van der Waals surface area (Å²) in [4.78, 5) is 17.0. The van der Waals surface area contributed by atoms with Crippen LogP contribution in [0.15, 0.2) is 18.2 Å². The zero-order valence-corrected chi connectivity index (χ0v) is 12.2. The van der Waals surface area contributed by atoms with Crippen LogP contribution in [0.1, 0.15) is 37.3 Å². The van der Waals surface area contributed by atoms with Gasteiger partial charge in [-0.25, -0.2) is 14.7 Å². The van der Waals surface area contributed by atoms with Crippen molar-refractivity contribution in [3.05, 3.63) is 34.6 Å². The zero-order valence-electron chi connectivity index (χ0n) is 11.4. The molecule has 1 aliphatic rings. The average molecular weight is 317 g/mol. The molecule has 2 amide bonds. The van der Waals surface area contributed by atoms with E-state index in [-0.39, 0.29) is 17.7 Å². The summed E-state index contributed by atoms with van der Waals surface area (Å²) in [6.07, 6.45) is 4.07. The Balaban J connectivity index is 1.88. The largest absolute Gasteiger partial charge is 0.394 e. The van der Waals surface area contributed by atoms with Crippen LogP contribution in [0.3, 0.4) is 0 Å². The SMILES string of the molecule is O=C(NOC1CCCC1)NC(CO)c1ccc(Cl)c(F)c1. The highest BCUT2D eigenvalue weighted by atomic mass is 35.5.